The van der Waals surface area contributed by atoms with Gasteiger partial charge in [0, 0.05) is 5.92 Å². The molecule has 1 aliphatic carbocycles. The highest BCUT2D eigenvalue weighted by molar-refractivity contribution is 5.80. The molecular weight excluding hydrogens is 188 g/mol. The predicted octanol–water partition coefficient (Wildman–Crippen LogP) is 2.83. The summed E-state index contributed by atoms with van der Waals surface area (Å²) in [7, 11) is 0. The lowest BCUT2D eigenvalue weighted by molar-refractivity contribution is -0.142. The van der Waals surface area contributed by atoms with Crippen LogP contribution in [-0.4, -0.2) is 11.1 Å². The first-order chi connectivity index (χ1) is 7.08. The number of hydrogen-bond acceptors (Lipinski definition) is 1. The van der Waals surface area contributed by atoms with E-state index in [0.29, 0.717) is 0 Å². The Kier molecular flexibility index (Phi) is 2.29. The van der Waals surface area contributed by atoms with Gasteiger partial charge in [0.05, 0.1) is 5.41 Å². The van der Waals surface area contributed by atoms with Gasteiger partial charge in [-0.05, 0) is 30.9 Å². The average molecular weight is 204 g/mol. The highest BCUT2D eigenvalue weighted by Crippen LogP contribution is 2.59. The minimum atomic E-state index is -0.674. The quantitative estimate of drug-likeness (QED) is 0.822. The van der Waals surface area contributed by atoms with Crippen LogP contribution in [0.4, 0.5) is 0 Å². The third-order valence-electron chi connectivity index (χ3n) is 3.52. The van der Waals surface area contributed by atoms with Crippen molar-refractivity contribution >= 4 is 5.97 Å². The monoisotopic (exact) mass is 204 g/mol. The molecule has 2 nitrogen and oxygen atoms in total. The summed E-state index contributed by atoms with van der Waals surface area (Å²) >= 11 is 0. The van der Waals surface area contributed by atoms with Crippen LogP contribution in [0.15, 0.2) is 24.3 Å². The summed E-state index contributed by atoms with van der Waals surface area (Å²) in [6.45, 7) is 3.95. The van der Waals surface area contributed by atoms with E-state index >= 15 is 0 Å². The number of carboxylic acid groups (broad SMARTS) is 1. The van der Waals surface area contributed by atoms with Gasteiger partial charge in [-0.1, -0.05) is 31.2 Å². The van der Waals surface area contributed by atoms with Crippen LogP contribution in [-0.2, 0) is 11.2 Å². The topological polar surface area (TPSA) is 37.3 Å². The molecule has 15 heavy (non-hydrogen) atoms. The third-order valence-corrected chi connectivity index (χ3v) is 3.52. The van der Waals surface area contributed by atoms with Crippen molar-refractivity contribution in [3.05, 3.63) is 35.4 Å². The van der Waals surface area contributed by atoms with Gasteiger partial charge in [0.2, 0.25) is 0 Å². The molecule has 0 aromatic heterocycles. The van der Waals surface area contributed by atoms with Gasteiger partial charge in [0.25, 0.3) is 0 Å². The SMILES string of the molecule is CCc1ccc([C@H]2C[C@]2(C)C(=O)O)cc1. The van der Waals surface area contributed by atoms with Crippen LogP contribution in [0.25, 0.3) is 0 Å². The molecule has 1 aliphatic rings. The van der Waals surface area contributed by atoms with Crippen molar-refractivity contribution in [3.63, 3.8) is 0 Å². The van der Waals surface area contributed by atoms with E-state index in [-0.39, 0.29) is 5.92 Å². The minimum absolute atomic E-state index is 0.209. The molecule has 1 fully saturated rings. The molecule has 0 aliphatic heterocycles. The Balaban J connectivity index is 2.16. The molecule has 1 N–H and O–H groups in total. The van der Waals surface area contributed by atoms with Crippen LogP contribution in [0.1, 0.15) is 37.3 Å². The molecule has 0 saturated heterocycles. The Labute approximate surface area is 89.9 Å². The van der Waals surface area contributed by atoms with E-state index in [0.717, 1.165) is 18.4 Å². The first kappa shape index (κ1) is 10.2. The summed E-state index contributed by atoms with van der Waals surface area (Å²) in [6.07, 6.45) is 1.80. The Bertz CT molecular complexity index is 380. The maximum absolute atomic E-state index is 11.0. The number of aliphatic carboxylic acids is 1. The zero-order valence-electron chi connectivity index (χ0n) is 9.16. The van der Waals surface area contributed by atoms with Crippen LogP contribution in [0.5, 0.6) is 0 Å². The summed E-state index contributed by atoms with van der Waals surface area (Å²) < 4.78 is 0. The van der Waals surface area contributed by atoms with Crippen LogP contribution in [0.3, 0.4) is 0 Å². The molecule has 1 saturated carbocycles. The molecule has 1 aromatic rings. The first-order valence-electron chi connectivity index (χ1n) is 5.40. The zero-order chi connectivity index (χ0) is 11.1. The van der Waals surface area contributed by atoms with Crippen molar-refractivity contribution < 1.29 is 9.90 Å². The Hall–Kier alpha value is -1.31. The lowest BCUT2D eigenvalue weighted by Gasteiger charge is -2.05. The average Bonchev–Trinajstić information content (AvgIpc) is 2.93. The van der Waals surface area contributed by atoms with Gasteiger partial charge in [-0.25, -0.2) is 0 Å². The lowest BCUT2D eigenvalue weighted by atomic mass is 10.00. The highest BCUT2D eigenvalue weighted by atomic mass is 16.4. The zero-order valence-corrected chi connectivity index (χ0v) is 9.16. The fourth-order valence-electron chi connectivity index (χ4n) is 2.07. The fourth-order valence-corrected chi connectivity index (χ4v) is 2.07. The molecule has 0 unspecified atom stereocenters. The third kappa shape index (κ3) is 1.65. The van der Waals surface area contributed by atoms with Crippen molar-refractivity contribution in [2.45, 2.75) is 32.6 Å². The molecule has 2 atom stereocenters. The van der Waals surface area contributed by atoms with Crippen LogP contribution in [0, 0.1) is 5.41 Å². The number of aryl methyl sites for hydroxylation is 1. The smallest absolute Gasteiger partial charge is 0.309 e. The number of carbonyl (C=O) groups is 1. The number of hydrogen-bond donors (Lipinski definition) is 1. The summed E-state index contributed by atoms with van der Waals surface area (Å²) in [4.78, 5) is 11.0. The molecule has 0 radical (unpaired) electrons. The van der Waals surface area contributed by atoms with Gasteiger partial charge in [-0.3, -0.25) is 4.79 Å². The maximum Gasteiger partial charge on any atom is 0.309 e. The first-order valence-corrected chi connectivity index (χ1v) is 5.40. The maximum atomic E-state index is 11.0. The number of benzene rings is 1. The minimum Gasteiger partial charge on any atom is -0.481 e. The second-order valence-corrected chi connectivity index (χ2v) is 4.57. The summed E-state index contributed by atoms with van der Waals surface area (Å²) in [5.74, 6) is -0.465. The largest absolute Gasteiger partial charge is 0.481 e. The van der Waals surface area contributed by atoms with Crippen LogP contribution in [0.2, 0.25) is 0 Å². The Morgan fingerprint density at radius 3 is 2.47 bits per heavy atom. The van der Waals surface area contributed by atoms with Crippen molar-refractivity contribution in [2.24, 2.45) is 5.41 Å². The molecule has 2 rings (SSSR count). The molecule has 0 spiro atoms. The Morgan fingerprint density at radius 1 is 1.47 bits per heavy atom. The van der Waals surface area contributed by atoms with Gasteiger partial charge in [-0.15, -0.1) is 0 Å². The van der Waals surface area contributed by atoms with Crippen molar-refractivity contribution in [1.29, 1.82) is 0 Å². The van der Waals surface area contributed by atoms with E-state index < -0.39 is 11.4 Å². The van der Waals surface area contributed by atoms with Gasteiger partial charge < -0.3 is 5.11 Å². The van der Waals surface area contributed by atoms with Gasteiger partial charge in [0.1, 0.15) is 0 Å². The fraction of sp³-hybridized carbons (Fsp3) is 0.462. The summed E-state index contributed by atoms with van der Waals surface area (Å²) in [6, 6.07) is 8.32. The second-order valence-electron chi connectivity index (χ2n) is 4.57. The van der Waals surface area contributed by atoms with Gasteiger partial charge >= 0.3 is 5.97 Å². The second kappa shape index (κ2) is 3.37. The standard InChI is InChI=1S/C13H16O2/c1-3-9-4-6-10(7-5-9)11-8-13(11,2)12(14)15/h4-7,11H,3,8H2,1-2H3,(H,14,15)/t11-,13+/m1/s1. The molecule has 2 heteroatoms. The van der Waals surface area contributed by atoms with E-state index in [1.807, 2.05) is 6.92 Å². The van der Waals surface area contributed by atoms with Gasteiger partial charge in [-0.2, -0.15) is 0 Å². The molecule has 1 aromatic carbocycles. The summed E-state index contributed by atoms with van der Waals surface area (Å²) in [5, 5.41) is 9.05. The number of rotatable bonds is 3. The number of carboxylic acids is 1. The van der Waals surface area contributed by atoms with Crippen molar-refractivity contribution in [3.8, 4) is 0 Å². The van der Waals surface area contributed by atoms with E-state index in [2.05, 4.69) is 31.2 Å². The molecule has 0 amide bonds. The lowest BCUT2D eigenvalue weighted by Crippen LogP contribution is -2.12. The van der Waals surface area contributed by atoms with E-state index in [1.165, 1.54) is 5.56 Å². The normalized spacial score (nSPS) is 28.8. The molecule has 0 heterocycles. The van der Waals surface area contributed by atoms with Crippen molar-refractivity contribution in [1.82, 2.24) is 0 Å². The van der Waals surface area contributed by atoms with Crippen molar-refractivity contribution in [2.75, 3.05) is 0 Å². The van der Waals surface area contributed by atoms with Gasteiger partial charge in [0.15, 0.2) is 0 Å². The predicted molar refractivity (Wildman–Crippen MR) is 58.9 cm³/mol. The molecular formula is C13H16O2. The van der Waals surface area contributed by atoms with E-state index in [1.54, 1.807) is 0 Å². The summed E-state index contributed by atoms with van der Waals surface area (Å²) in [5.41, 5.74) is 1.95. The van der Waals surface area contributed by atoms with E-state index in [4.69, 9.17) is 5.11 Å². The molecule has 0 bridgehead atoms. The van der Waals surface area contributed by atoms with Crippen LogP contribution < -0.4 is 0 Å². The molecule has 80 valence electrons. The Morgan fingerprint density at radius 2 is 2.07 bits per heavy atom. The van der Waals surface area contributed by atoms with E-state index in [9.17, 15) is 4.79 Å². The van der Waals surface area contributed by atoms with Crippen LogP contribution >= 0.6 is 0 Å². The highest BCUT2D eigenvalue weighted by Gasteiger charge is 2.56.